The summed E-state index contributed by atoms with van der Waals surface area (Å²) < 4.78 is 8.39. The van der Waals surface area contributed by atoms with Crippen molar-refractivity contribution in [1.82, 2.24) is 9.47 Å². The standard InChI is InChI=1S/C25H23ClN2O3/c1-17-14-19(26)15-21-22(29)16-25(31-23(17)21)8-12-28(13-9-25)24(30)18-4-6-20(7-5-18)27-10-2-3-11-27/h2-7,10-11,14-15H,8-9,12-13,16H2,1H3. The van der Waals surface area contributed by atoms with Crippen molar-refractivity contribution in [3.63, 3.8) is 0 Å². The van der Waals surface area contributed by atoms with Gasteiger partial charge in [-0.1, -0.05) is 11.6 Å². The normalized spacial score (nSPS) is 17.4. The number of halogens is 1. The van der Waals surface area contributed by atoms with E-state index in [9.17, 15) is 9.59 Å². The van der Waals surface area contributed by atoms with Gasteiger partial charge in [0.2, 0.25) is 0 Å². The number of benzene rings is 2. The molecule has 1 fully saturated rings. The van der Waals surface area contributed by atoms with Crippen LogP contribution < -0.4 is 4.74 Å². The summed E-state index contributed by atoms with van der Waals surface area (Å²) in [6.07, 6.45) is 5.54. The molecule has 6 heteroatoms. The van der Waals surface area contributed by atoms with Crippen molar-refractivity contribution in [2.75, 3.05) is 13.1 Å². The maximum Gasteiger partial charge on any atom is 0.253 e. The van der Waals surface area contributed by atoms with Crippen molar-refractivity contribution in [2.24, 2.45) is 0 Å². The number of fused-ring (bicyclic) bond motifs is 1. The van der Waals surface area contributed by atoms with Crippen molar-refractivity contribution in [1.29, 1.82) is 0 Å². The van der Waals surface area contributed by atoms with E-state index in [0.29, 0.717) is 54.3 Å². The molecule has 31 heavy (non-hydrogen) atoms. The first kappa shape index (κ1) is 19.9. The van der Waals surface area contributed by atoms with Gasteiger partial charge in [-0.25, -0.2) is 0 Å². The fourth-order valence-electron chi connectivity index (χ4n) is 4.57. The molecule has 0 bridgehead atoms. The number of hydrogen-bond donors (Lipinski definition) is 0. The van der Waals surface area contributed by atoms with Crippen LogP contribution >= 0.6 is 11.6 Å². The van der Waals surface area contributed by atoms with E-state index in [0.717, 1.165) is 11.3 Å². The van der Waals surface area contributed by atoms with Gasteiger partial charge >= 0.3 is 0 Å². The summed E-state index contributed by atoms with van der Waals surface area (Å²) in [7, 11) is 0. The summed E-state index contributed by atoms with van der Waals surface area (Å²) in [5.41, 5.74) is 2.58. The number of rotatable bonds is 2. The molecule has 0 unspecified atom stereocenters. The van der Waals surface area contributed by atoms with E-state index < -0.39 is 5.60 Å². The summed E-state index contributed by atoms with van der Waals surface area (Å²) in [6, 6.07) is 15.1. The number of carbonyl (C=O) groups excluding carboxylic acids is 2. The number of Topliss-reactive ketones (excluding diaryl/α,β-unsaturated/α-hetero) is 1. The lowest BCUT2D eigenvalue weighted by atomic mass is 9.82. The minimum Gasteiger partial charge on any atom is -0.486 e. The molecule has 1 saturated heterocycles. The number of aryl methyl sites for hydroxylation is 1. The van der Waals surface area contributed by atoms with Gasteiger partial charge in [0.25, 0.3) is 5.91 Å². The van der Waals surface area contributed by atoms with Gasteiger partial charge in [-0.3, -0.25) is 9.59 Å². The van der Waals surface area contributed by atoms with Crippen LogP contribution in [0.1, 0.15) is 45.5 Å². The predicted molar refractivity (Wildman–Crippen MR) is 119 cm³/mol. The Kier molecular flexibility index (Phi) is 4.86. The Hall–Kier alpha value is -3.05. The number of likely N-dealkylation sites (tertiary alicyclic amines) is 1. The molecule has 3 aromatic rings. The van der Waals surface area contributed by atoms with Crippen LogP contribution in [-0.2, 0) is 0 Å². The molecule has 3 heterocycles. The van der Waals surface area contributed by atoms with Gasteiger partial charge in [-0.05, 0) is 61.0 Å². The highest BCUT2D eigenvalue weighted by Crippen LogP contribution is 2.42. The van der Waals surface area contributed by atoms with Gasteiger partial charge in [0.05, 0.1) is 12.0 Å². The largest absolute Gasteiger partial charge is 0.486 e. The zero-order valence-electron chi connectivity index (χ0n) is 17.3. The second-order valence-electron chi connectivity index (χ2n) is 8.41. The highest BCUT2D eigenvalue weighted by Gasteiger charge is 2.44. The summed E-state index contributed by atoms with van der Waals surface area (Å²) >= 11 is 6.12. The third-order valence-electron chi connectivity index (χ3n) is 6.32. The van der Waals surface area contributed by atoms with Crippen LogP contribution in [0.4, 0.5) is 0 Å². The molecule has 0 atom stereocenters. The van der Waals surface area contributed by atoms with Crippen molar-refractivity contribution in [2.45, 2.75) is 31.8 Å². The Balaban J connectivity index is 1.29. The molecule has 0 saturated carbocycles. The zero-order chi connectivity index (χ0) is 21.6. The Bertz CT molecular complexity index is 1140. The molecule has 2 aromatic carbocycles. The van der Waals surface area contributed by atoms with Crippen LogP contribution in [-0.4, -0.2) is 39.8 Å². The molecular formula is C25H23ClN2O3. The number of hydrogen-bond acceptors (Lipinski definition) is 3. The minimum atomic E-state index is -0.544. The second-order valence-corrected chi connectivity index (χ2v) is 8.85. The Morgan fingerprint density at radius 3 is 2.42 bits per heavy atom. The van der Waals surface area contributed by atoms with Crippen LogP contribution in [0.3, 0.4) is 0 Å². The molecule has 1 aromatic heterocycles. The quantitative estimate of drug-likeness (QED) is 0.565. The predicted octanol–water partition coefficient (Wildman–Crippen LogP) is 5.08. The molecule has 0 aliphatic carbocycles. The average Bonchev–Trinajstić information content (AvgIpc) is 3.30. The number of aromatic nitrogens is 1. The number of nitrogens with zero attached hydrogens (tertiary/aromatic N) is 2. The van der Waals surface area contributed by atoms with Crippen molar-refractivity contribution < 1.29 is 14.3 Å². The highest BCUT2D eigenvalue weighted by atomic mass is 35.5. The van der Waals surface area contributed by atoms with Crippen molar-refractivity contribution >= 4 is 23.3 Å². The molecule has 2 aliphatic rings. The zero-order valence-corrected chi connectivity index (χ0v) is 18.1. The first-order valence-electron chi connectivity index (χ1n) is 10.5. The van der Waals surface area contributed by atoms with Gasteiger partial charge in [0, 0.05) is 54.6 Å². The molecule has 1 spiro atoms. The topological polar surface area (TPSA) is 51.5 Å². The Labute approximate surface area is 186 Å². The fourth-order valence-corrected chi connectivity index (χ4v) is 4.85. The van der Waals surface area contributed by atoms with Gasteiger partial charge in [0.15, 0.2) is 5.78 Å². The molecule has 5 nitrogen and oxygen atoms in total. The minimum absolute atomic E-state index is 0.0133. The lowest BCUT2D eigenvalue weighted by Crippen LogP contribution is -2.52. The van der Waals surface area contributed by atoms with E-state index in [4.69, 9.17) is 16.3 Å². The summed E-state index contributed by atoms with van der Waals surface area (Å²) in [5.74, 6) is 0.715. The number of ketones is 1. The van der Waals surface area contributed by atoms with Gasteiger partial charge in [-0.2, -0.15) is 0 Å². The first-order valence-corrected chi connectivity index (χ1v) is 10.9. The Morgan fingerprint density at radius 1 is 1.06 bits per heavy atom. The average molecular weight is 435 g/mol. The monoisotopic (exact) mass is 434 g/mol. The van der Waals surface area contributed by atoms with Gasteiger partial charge in [0.1, 0.15) is 11.4 Å². The third kappa shape index (κ3) is 3.63. The van der Waals surface area contributed by atoms with Gasteiger partial charge in [-0.15, -0.1) is 0 Å². The SMILES string of the molecule is Cc1cc(Cl)cc2c1OC1(CCN(C(=O)c3ccc(-n4cccc4)cc3)CC1)CC2=O. The number of amides is 1. The van der Waals surface area contributed by atoms with Crippen molar-refractivity contribution in [3.8, 4) is 11.4 Å². The van der Waals surface area contributed by atoms with Crippen LogP contribution in [0.15, 0.2) is 60.9 Å². The van der Waals surface area contributed by atoms with Crippen LogP contribution in [0.5, 0.6) is 5.75 Å². The number of carbonyl (C=O) groups is 2. The maximum absolute atomic E-state index is 13.0. The lowest BCUT2D eigenvalue weighted by molar-refractivity contribution is -0.00616. The van der Waals surface area contributed by atoms with Crippen LogP contribution in [0.25, 0.3) is 5.69 Å². The lowest BCUT2D eigenvalue weighted by Gasteiger charge is -2.44. The van der Waals surface area contributed by atoms with E-state index in [-0.39, 0.29) is 11.7 Å². The van der Waals surface area contributed by atoms with E-state index in [1.807, 2.05) is 71.2 Å². The van der Waals surface area contributed by atoms with E-state index in [1.54, 1.807) is 6.07 Å². The summed E-state index contributed by atoms with van der Waals surface area (Å²) in [4.78, 5) is 27.7. The van der Waals surface area contributed by atoms with E-state index in [2.05, 4.69) is 0 Å². The fraction of sp³-hybridized carbons (Fsp3) is 0.280. The van der Waals surface area contributed by atoms with Crippen LogP contribution in [0, 0.1) is 6.92 Å². The molecular weight excluding hydrogens is 412 g/mol. The molecule has 1 amide bonds. The number of ether oxygens (including phenoxy) is 1. The number of piperidine rings is 1. The first-order chi connectivity index (χ1) is 14.9. The molecule has 158 valence electrons. The summed E-state index contributed by atoms with van der Waals surface area (Å²) in [6.45, 7) is 3.04. The van der Waals surface area contributed by atoms with Gasteiger partial charge < -0.3 is 14.2 Å². The molecule has 2 aliphatic heterocycles. The maximum atomic E-state index is 13.0. The summed E-state index contributed by atoms with van der Waals surface area (Å²) in [5, 5.41) is 0.548. The second kappa shape index (κ2) is 7.57. The van der Waals surface area contributed by atoms with E-state index in [1.165, 1.54) is 0 Å². The molecule has 0 radical (unpaired) electrons. The molecule has 5 rings (SSSR count). The van der Waals surface area contributed by atoms with Crippen LogP contribution in [0.2, 0.25) is 5.02 Å². The van der Waals surface area contributed by atoms with E-state index >= 15 is 0 Å². The highest BCUT2D eigenvalue weighted by molar-refractivity contribution is 6.31. The third-order valence-corrected chi connectivity index (χ3v) is 6.54. The Morgan fingerprint density at radius 2 is 1.74 bits per heavy atom. The van der Waals surface area contributed by atoms with Crippen molar-refractivity contribution in [3.05, 3.63) is 82.6 Å². The smallest absolute Gasteiger partial charge is 0.253 e. The molecule has 0 N–H and O–H groups in total.